The number of rotatable bonds is 5. The maximum absolute atomic E-state index is 14.3. The van der Waals surface area contributed by atoms with E-state index in [0.29, 0.717) is 47.1 Å². The number of aromatic nitrogens is 3. The molecular formula is C30H31ClFN5O3. The lowest BCUT2D eigenvalue weighted by atomic mass is 10.1. The molecule has 0 bridgehead atoms. The van der Waals surface area contributed by atoms with Gasteiger partial charge in [0.2, 0.25) is 0 Å². The molecular weight excluding hydrogens is 533 g/mol. The van der Waals surface area contributed by atoms with Crippen molar-refractivity contribution in [3.63, 3.8) is 0 Å². The predicted octanol–water partition coefficient (Wildman–Crippen LogP) is 6.29. The molecule has 1 aliphatic heterocycles. The van der Waals surface area contributed by atoms with Crippen molar-refractivity contribution in [1.29, 1.82) is 0 Å². The highest BCUT2D eigenvalue weighted by Gasteiger charge is 2.29. The zero-order valence-corrected chi connectivity index (χ0v) is 23.8. The highest BCUT2D eigenvalue weighted by atomic mass is 35.5. The van der Waals surface area contributed by atoms with E-state index in [4.69, 9.17) is 16.6 Å². The molecule has 1 fully saturated rings. The number of aryl methyl sites for hydroxylation is 2. The molecule has 0 saturated carbocycles. The molecule has 0 radical (unpaired) electrons. The Kier molecular flexibility index (Phi) is 7.04. The van der Waals surface area contributed by atoms with E-state index in [1.165, 1.54) is 12.1 Å². The topological polar surface area (TPSA) is 100 Å². The molecule has 208 valence electrons. The number of amides is 1. The zero-order valence-electron chi connectivity index (χ0n) is 23.0. The number of fused-ring (bicyclic) bond motifs is 1. The van der Waals surface area contributed by atoms with E-state index in [1.807, 2.05) is 37.6 Å². The first kappa shape index (κ1) is 27.6. The molecule has 3 aromatic heterocycles. The number of carbonyl (C=O) groups is 2. The van der Waals surface area contributed by atoms with Crippen LogP contribution in [0.1, 0.15) is 59.3 Å². The van der Waals surface area contributed by atoms with Crippen LogP contribution in [-0.4, -0.2) is 55.5 Å². The molecule has 2 N–H and O–H groups in total. The first-order valence-electron chi connectivity index (χ1n) is 13.1. The summed E-state index contributed by atoms with van der Waals surface area (Å²) < 4.78 is 16.3. The van der Waals surface area contributed by atoms with Crippen molar-refractivity contribution in [3.05, 3.63) is 75.9 Å². The summed E-state index contributed by atoms with van der Waals surface area (Å²) in [4.78, 5) is 36.0. The number of hydrogen-bond acceptors (Lipinski definition) is 5. The number of anilines is 1. The van der Waals surface area contributed by atoms with E-state index in [0.717, 1.165) is 17.4 Å². The van der Waals surface area contributed by atoms with Crippen molar-refractivity contribution in [1.82, 2.24) is 19.4 Å². The number of carboxylic acids is 1. The third kappa shape index (κ3) is 5.13. The summed E-state index contributed by atoms with van der Waals surface area (Å²) in [6.45, 7) is 10.6. The molecule has 0 spiro atoms. The zero-order chi connectivity index (χ0) is 28.9. The van der Waals surface area contributed by atoms with Crippen molar-refractivity contribution < 1.29 is 19.1 Å². The SMILES string of the molecule is Cc1cc(N[C@@H]2CCN(C(=O)c3ccc4c(-c5ccc(Cl)c(F)c5)cn(C(C)(C)C)c4n3)C2)nc(C)c1C(=O)O. The summed E-state index contributed by atoms with van der Waals surface area (Å²) in [5.74, 6) is -1.08. The number of halogens is 2. The van der Waals surface area contributed by atoms with Crippen LogP contribution in [0.15, 0.2) is 42.6 Å². The van der Waals surface area contributed by atoms with Gasteiger partial charge in [-0.05, 0) is 82.5 Å². The van der Waals surface area contributed by atoms with Gasteiger partial charge in [-0.1, -0.05) is 17.7 Å². The largest absolute Gasteiger partial charge is 0.478 e. The van der Waals surface area contributed by atoms with E-state index in [9.17, 15) is 19.1 Å². The average molecular weight is 564 g/mol. The monoisotopic (exact) mass is 563 g/mol. The molecule has 1 amide bonds. The van der Waals surface area contributed by atoms with Gasteiger partial charge in [0.25, 0.3) is 5.91 Å². The van der Waals surface area contributed by atoms with Crippen LogP contribution in [0.5, 0.6) is 0 Å². The Bertz CT molecular complexity index is 1640. The van der Waals surface area contributed by atoms with Crippen LogP contribution in [0.25, 0.3) is 22.2 Å². The Morgan fingerprint density at radius 1 is 1.12 bits per heavy atom. The summed E-state index contributed by atoms with van der Waals surface area (Å²) in [7, 11) is 0. The molecule has 4 aromatic rings. The van der Waals surface area contributed by atoms with E-state index in [2.05, 4.69) is 10.3 Å². The van der Waals surface area contributed by atoms with Crippen LogP contribution < -0.4 is 5.32 Å². The minimum atomic E-state index is -0.999. The Morgan fingerprint density at radius 3 is 2.52 bits per heavy atom. The lowest BCUT2D eigenvalue weighted by Crippen LogP contribution is -2.32. The molecule has 10 heteroatoms. The van der Waals surface area contributed by atoms with Gasteiger partial charge in [-0.15, -0.1) is 0 Å². The van der Waals surface area contributed by atoms with Crippen molar-refractivity contribution in [2.45, 2.75) is 52.6 Å². The lowest BCUT2D eigenvalue weighted by molar-refractivity contribution is 0.0694. The van der Waals surface area contributed by atoms with Crippen molar-refractivity contribution >= 4 is 40.3 Å². The number of likely N-dealkylation sites (tertiary alicyclic amines) is 1. The number of aromatic carboxylic acids is 1. The number of nitrogens with zero attached hydrogens (tertiary/aromatic N) is 4. The minimum Gasteiger partial charge on any atom is -0.478 e. The van der Waals surface area contributed by atoms with Gasteiger partial charge in [-0.3, -0.25) is 4.79 Å². The van der Waals surface area contributed by atoms with E-state index in [1.54, 1.807) is 36.9 Å². The molecule has 1 aliphatic rings. The van der Waals surface area contributed by atoms with E-state index in [-0.39, 0.29) is 28.1 Å². The van der Waals surface area contributed by atoms with E-state index < -0.39 is 11.8 Å². The quantitative estimate of drug-likeness (QED) is 0.296. The smallest absolute Gasteiger partial charge is 0.337 e. The standard InChI is InChI=1S/C30H31ClFN5O3/c1-16-12-25(33-17(2)26(16)29(39)40)34-19-10-11-36(14-19)28(38)24-9-7-20-21(18-6-8-22(31)23(32)13-18)15-37(27(20)35-24)30(3,4)5/h6-9,12-13,15,19H,10-11,14H2,1-5H3,(H,33,34)(H,39,40)/t19-/m1/s1. The Labute approximate surface area is 236 Å². The van der Waals surface area contributed by atoms with Gasteiger partial charge in [-0.25, -0.2) is 19.2 Å². The van der Waals surface area contributed by atoms with Crippen LogP contribution in [-0.2, 0) is 5.54 Å². The molecule has 4 heterocycles. The van der Waals surface area contributed by atoms with Crippen LogP contribution in [0.2, 0.25) is 5.02 Å². The Balaban J connectivity index is 1.40. The molecule has 0 aliphatic carbocycles. The third-order valence-corrected chi connectivity index (χ3v) is 7.57. The fourth-order valence-electron chi connectivity index (χ4n) is 5.29. The van der Waals surface area contributed by atoms with Gasteiger partial charge < -0.3 is 19.9 Å². The number of pyridine rings is 2. The van der Waals surface area contributed by atoms with Gasteiger partial charge in [-0.2, -0.15) is 0 Å². The summed E-state index contributed by atoms with van der Waals surface area (Å²) in [5, 5.41) is 13.6. The van der Waals surface area contributed by atoms with Gasteiger partial charge in [0.05, 0.1) is 16.3 Å². The van der Waals surface area contributed by atoms with Gasteiger partial charge >= 0.3 is 5.97 Å². The summed E-state index contributed by atoms with van der Waals surface area (Å²) in [5.41, 5.74) is 3.42. The first-order valence-corrected chi connectivity index (χ1v) is 13.5. The second kappa shape index (κ2) is 10.2. The molecule has 1 aromatic carbocycles. The molecule has 0 unspecified atom stereocenters. The molecule has 40 heavy (non-hydrogen) atoms. The highest BCUT2D eigenvalue weighted by molar-refractivity contribution is 6.30. The number of carbonyl (C=O) groups excluding carboxylic acids is 1. The third-order valence-electron chi connectivity index (χ3n) is 7.26. The maximum Gasteiger partial charge on any atom is 0.337 e. The predicted molar refractivity (Wildman–Crippen MR) is 154 cm³/mol. The molecule has 1 atom stereocenters. The summed E-state index contributed by atoms with van der Waals surface area (Å²) in [6.07, 6.45) is 2.66. The number of hydrogen-bond donors (Lipinski definition) is 2. The van der Waals surface area contributed by atoms with Crippen LogP contribution in [0.4, 0.5) is 10.2 Å². The lowest BCUT2D eigenvalue weighted by Gasteiger charge is -2.22. The summed E-state index contributed by atoms with van der Waals surface area (Å²) in [6, 6.07) is 10.00. The maximum atomic E-state index is 14.3. The summed E-state index contributed by atoms with van der Waals surface area (Å²) >= 11 is 5.90. The molecule has 1 saturated heterocycles. The highest BCUT2D eigenvalue weighted by Crippen LogP contribution is 2.35. The molecule has 8 nitrogen and oxygen atoms in total. The Hall–Kier alpha value is -3.98. The first-order chi connectivity index (χ1) is 18.8. The van der Waals surface area contributed by atoms with E-state index >= 15 is 0 Å². The fourth-order valence-corrected chi connectivity index (χ4v) is 5.41. The molecule has 5 rings (SSSR count). The number of carboxylic acid groups (broad SMARTS) is 1. The van der Waals surface area contributed by atoms with Crippen molar-refractivity contribution in [2.75, 3.05) is 18.4 Å². The van der Waals surface area contributed by atoms with Crippen LogP contribution >= 0.6 is 11.6 Å². The van der Waals surface area contributed by atoms with Gasteiger partial charge in [0, 0.05) is 41.8 Å². The fraction of sp³-hybridized carbons (Fsp3) is 0.333. The number of benzene rings is 1. The second-order valence-electron chi connectivity index (χ2n) is 11.3. The van der Waals surface area contributed by atoms with Crippen LogP contribution in [0.3, 0.4) is 0 Å². The normalized spacial score (nSPS) is 15.6. The average Bonchev–Trinajstić information content (AvgIpc) is 3.49. The van der Waals surface area contributed by atoms with Crippen molar-refractivity contribution in [2.24, 2.45) is 0 Å². The number of nitrogens with one attached hydrogen (secondary N) is 1. The second-order valence-corrected chi connectivity index (χ2v) is 11.7. The van der Waals surface area contributed by atoms with Crippen LogP contribution in [0, 0.1) is 19.7 Å². The van der Waals surface area contributed by atoms with Crippen molar-refractivity contribution in [3.8, 4) is 11.1 Å². The Morgan fingerprint density at radius 2 is 1.88 bits per heavy atom. The van der Waals surface area contributed by atoms with Gasteiger partial charge in [0.15, 0.2) is 0 Å². The van der Waals surface area contributed by atoms with Gasteiger partial charge in [0.1, 0.15) is 23.0 Å². The minimum absolute atomic E-state index is 0.0282.